The topological polar surface area (TPSA) is 96.5 Å². The van der Waals surface area contributed by atoms with Gasteiger partial charge < -0.3 is 16.9 Å². The molecule has 0 aromatic heterocycles. The molecule has 4 aromatic carbocycles. The van der Waals surface area contributed by atoms with Crippen molar-refractivity contribution < 1.29 is 16.8 Å². The average molecular weight is 701 g/mol. The molecular formula is C39H49AlN2O4S2. The molecule has 254 valence electrons. The second-order valence-electron chi connectivity index (χ2n) is 14.3. The summed E-state index contributed by atoms with van der Waals surface area (Å²) in [5, 5.41) is 0. The van der Waals surface area contributed by atoms with Crippen LogP contribution in [0.25, 0.3) is 9.44 Å². The van der Waals surface area contributed by atoms with Crippen LogP contribution in [0.5, 0.6) is 0 Å². The van der Waals surface area contributed by atoms with Gasteiger partial charge in [0.2, 0.25) is 0 Å². The van der Waals surface area contributed by atoms with Crippen LogP contribution in [0.15, 0.2) is 94.7 Å². The van der Waals surface area contributed by atoms with Gasteiger partial charge >= 0.3 is 17.4 Å². The van der Waals surface area contributed by atoms with Crippen LogP contribution < -0.4 is 0 Å². The quantitative estimate of drug-likeness (QED) is 0.128. The Balaban J connectivity index is 0.00000400. The Morgan fingerprint density at radius 1 is 0.500 bits per heavy atom. The van der Waals surface area contributed by atoms with Crippen LogP contribution in [0.1, 0.15) is 98.1 Å². The molecule has 48 heavy (non-hydrogen) atoms. The molecule has 0 unspecified atom stereocenters. The third-order valence-electron chi connectivity index (χ3n) is 8.25. The zero-order valence-corrected chi connectivity index (χ0v) is 32.9. The number of sulfonamides is 2. The molecule has 0 saturated carbocycles. The summed E-state index contributed by atoms with van der Waals surface area (Å²) in [6, 6.07) is 23.1. The number of hydrogen-bond donors (Lipinski definition) is 0. The first kappa shape index (κ1) is 41.4. The van der Waals surface area contributed by atoms with E-state index in [1.165, 1.54) is 0 Å². The van der Waals surface area contributed by atoms with Crippen molar-refractivity contribution in [2.75, 3.05) is 0 Å². The van der Waals surface area contributed by atoms with Gasteiger partial charge in [-0.2, -0.15) is 0 Å². The first-order valence-corrected chi connectivity index (χ1v) is 18.4. The molecule has 0 aliphatic heterocycles. The number of hydrogen-bond acceptors (Lipinski definition) is 4. The van der Waals surface area contributed by atoms with Gasteiger partial charge in [0.15, 0.2) is 0 Å². The molecule has 0 N–H and O–H groups in total. The van der Waals surface area contributed by atoms with E-state index in [-0.39, 0.29) is 45.4 Å². The summed E-state index contributed by atoms with van der Waals surface area (Å²) in [6.07, 6.45) is 0. The second-order valence-corrected chi connectivity index (χ2v) is 17.4. The van der Waals surface area contributed by atoms with Gasteiger partial charge in [-0.25, -0.2) is 16.8 Å². The van der Waals surface area contributed by atoms with Crippen molar-refractivity contribution >= 4 is 37.4 Å². The molecule has 0 aliphatic rings. The van der Waals surface area contributed by atoms with Gasteiger partial charge in [-0.3, -0.25) is 0 Å². The fourth-order valence-corrected chi connectivity index (χ4v) is 9.03. The molecule has 6 nitrogen and oxygen atoms in total. The predicted octanol–water partition coefficient (Wildman–Crippen LogP) is 9.89. The summed E-state index contributed by atoms with van der Waals surface area (Å²) in [6.45, 7) is 19.6. The molecule has 9 heteroatoms. The Kier molecular flexibility index (Phi) is 13.3. The van der Waals surface area contributed by atoms with Gasteiger partial charge in [-0.1, -0.05) is 138 Å². The van der Waals surface area contributed by atoms with E-state index in [1.54, 1.807) is 76.2 Å². The Labute approximate surface area is 301 Å². The van der Waals surface area contributed by atoms with Crippen molar-refractivity contribution in [3.63, 3.8) is 0 Å². The molecule has 0 saturated heterocycles. The molecule has 4 rings (SSSR count). The van der Waals surface area contributed by atoms with Crippen LogP contribution in [0.3, 0.4) is 0 Å². The Hall–Kier alpha value is -2.77. The van der Waals surface area contributed by atoms with E-state index in [0.29, 0.717) is 33.4 Å². The molecule has 0 bridgehead atoms. The Morgan fingerprint density at radius 3 is 0.979 bits per heavy atom. The largest absolute Gasteiger partial charge is 3.00 e. The van der Waals surface area contributed by atoms with Crippen molar-refractivity contribution in [2.24, 2.45) is 0 Å². The summed E-state index contributed by atoms with van der Waals surface area (Å²) in [5.41, 5.74) is 5.13. The maximum Gasteiger partial charge on any atom is 3.00 e. The minimum Gasteiger partial charge on any atom is -0.539 e. The minimum atomic E-state index is -4.27. The molecule has 0 radical (unpaired) electrons. The van der Waals surface area contributed by atoms with Crippen LogP contribution in [-0.4, -0.2) is 34.2 Å². The zero-order valence-electron chi connectivity index (χ0n) is 30.2. The average Bonchev–Trinajstić information content (AvgIpc) is 2.94. The maximum absolute atomic E-state index is 14.3. The van der Waals surface area contributed by atoms with Crippen molar-refractivity contribution in [3.05, 3.63) is 146 Å². The van der Waals surface area contributed by atoms with E-state index in [1.807, 2.05) is 36.4 Å². The van der Waals surface area contributed by atoms with Crippen molar-refractivity contribution in [1.82, 2.24) is 0 Å². The zero-order chi connectivity index (χ0) is 34.2. The van der Waals surface area contributed by atoms with Gasteiger partial charge in [0.05, 0.1) is 9.79 Å². The third kappa shape index (κ3) is 9.26. The molecule has 0 amide bonds. The van der Waals surface area contributed by atoms with E-state index >= 15 is 0 Å². The Morgan fingerprint density at radius 2 is 0.750 bits per heavy atom. The number of aryl methyl sites for hydroxylation is 4. The summed E-state index contributed by atoms with van der Waals surface area (Å²) in [5.74, 6) is 0. The minimum absolute atomic E-state index is 0. The normalized spacial score (nSPS) is 13.6. The monoisotopic (exact) mass is 700 g/mol. The van der Waals surface area contributed by atoms with Gasteiger partial charge in [0.1, 0.15) is 20.0 Å². The number of benzene rings is 4. The van der Waals surface area contributed by atoms with E-state index in [2.05, 4.69) is 51.0 Å². The fourth-order valence-electron chi connectivity index (χ4n) is 5.89. The summed E-state index contributed by atoms with van der Waals surface area (Å²) in [4.78, 5) is 0.251. The maximum atomic E-state index is 14.3. The van der Waals surface area contributed by atoms with Crippen LogP contribution in [0.2, 0.25) is 0 Å². The summed E-state index contributed by atoms with van der Waals surface area (Å²) >= 11 is 0. The number of rotatable bonds is 9. The first-order chi connectivity index (χ1) is 21.2. The standard InChI is InChI=1S/C38H46N2O4S2.CH3.Al/c1-25-21-31(37(5,6)7)22-26(2)35(25)45(41,42)39-33(29-17-13-11-14-18-29)34(30-19-15-12-16-20-30)40-46(43,44)36-27(3)23-32(24-28(36)4)38(8,9)10;;/h11-24,33-34H,1-10H3;1H3;/q-2;-1;+3/t33-,34-;;/m0../s1. The second kappa shape index (κ2) is 15.4. The van der Waals surface area contributed by atoms with Gasteiger partial charge in [-0.15, -0.1) is 12.1 Å². The van der Waals surface area contributed by atoms with Gasteiger partial charge in [-0.05, 0) is 71.9 Å². The van der Waals surface area contributed by atoms with Crippen molar-refractivity contribution in [1.29, 1.82) is 0 Å². The summed E-state index contributed by atoms with van der Waals surface area (Å²) < 4.78 is 66.1. The molecule has 0 aliphatic carbocycles. The van der Waals surface area contributed by atoms with Crippen LogP contribution in [0.4, 0.5) is 0 Å². The van der Waals surface area contributed by atoms with Crippen molar-refractivity contribution in [2.45, 2.75) is 102 Å². The summed E-state index contributed by atoms with van der Waals surface area (Å²) in [7, 11) is -8.55. The molecular weight excluding hydrogens is 652 g/mol. The van der Waals surface area contributed by atoms with E-state index < -0.39 is 32.1 Å². The van der Waals surface area contributed by atoms with Crippen LogP contribution >= 0.6 is 0 Å². The van der Waals surface area contributed by atoms with E-state index in [0.717, 1.165) is 11.1 Å². The smallest absolute Gasteiger partial charge is 0.539 e. The van der Waals surface area contributed by atoms with Gasteiger partial charge in [0.25, 0.3) is 0 Å². The van der Waals surface area contributed by atoms with Crippen LogP contribution in [0, 0.1) is 35.1 Å². The van der Waals surface area contributed by atoms with E-state index in [9.17, 15) is 16.8 Å². The van der Waals surface area contributed by atoms with Crippen LogP contribution in [-0.2, 0) is 30.9 Å². The fraction of sp³-hybridized carbons (Fsp3) is 0.359. The van der Waals surface area contributed by atoms with Crippen molar-refractivity contribution in [3.8, 4) is 0 Å². The molecule has 0 spiro atoms. The SMILES string of the molecule is Cc1cc(C(C)(C)C)cc(C)c1S(=O)(=O)[N-][C@@H](c1ccccc1)[C@@H]([N-]S(=O)(=O)c1c(C)cc(C(C)(C)C)cc1C)c1ccccc1.[Al+3].[CH3-]. The van der Waals surface area contributed by atoms with E-state index in [4.69, 9.17) is 0 Å². The predicted molar refractivity (Wildman–Crippen MR) is 201 cm³/mol. The molecule has 0 heterocycles. The molecule has 0 fully saturated rings. The molecule has 2 atom stereocenters. The van der Waals surface area contributed by atoms with Gasteiger partial charge in [0, 0.05) is 0 Å². The Bertz CT molecular complexity index is 1740. The first-order valence-electron chi connectivity index (χ1n) is 15.5. The molecule has 4 aromatic rings. The number of nitrogens with zero attached hydrogens (tertiary/aromatic N) is 2. The third-order valence-corrected chi connectivity index (χ3v) is 11.6.